The molecule has 0 radical (unpaired) electrons. The number of imidazole rings is 1. The molecular weight excluding hydrogens is 254 g/mol. The van der Waals surface area contributed by atoms with Gasteiger partial charge in [0.25, 0.3) is 5.91 Å². The minimum atomic E-state index is -0.0183. The first-order valence-corrected chi connectivity index (χ1v) is 6.66. The summed E-state index contributed by atoms with van der Waals surface area (Å²) in [5, 5.41) is 0. The number of benzene rings is 1. The number of aryl methyl sites for hydroxylation is 2. The Morgan fingerprint density at radius 3 is 2.75 bits per heavy atom. The van der Waals surface area contributed by atoms with Gasteiger partial charge in [0.2, 0.25) is 0 Å². The summed E-state index contributed by atoms with van der Waals surface area (Å²) < 4.78 is 5.88. The molecule has 0 saturated carbocycles. The molecule has 0 atom stereocenters. The summed E-state index contributed by atoms with van der Waals surface area (Å²) in [6, 6.07) is 7.92. The standard InChI is InChI=1S/C15H17N3O2/c1-10-5-3-4-6-14(10)20-12-8-18(9-12)15(19)13-7-16-11(2)17-13/h3-7,12H,8-9H2,1-2H3,(H,16,17). The maximum Gasteiger partial charge on any atom is 0.272 e. The van der Waals surface area contributed by atoms with Gasteiger partial charge in [0, 0.05) is 0 Å². The number of nitrogens with zero attached hydrogens (tertiary/aromatic N) is 2. The lowest BCUT2D eigenvalue weighted by Crippen LogP contribution is -2.56. The Bertz CT molecular complexity index is 630. The molecule has 2 heterocycles. The van der Waals surface area contributed by atoms with Crippen molar-refractivity contribution >= 4 is 5.91 Å². The van der Waals surface area contributed by atoms with Crippen LogP contribution in [0.5, 0.6) is 5.75 Å². The smallest absolute Gasteiger partial charge is 0.272 e. The first kappa shape index (κ1) is 12.7. The van der Waals surface area contributed by atoms with Crippen LogP contribution in [0, 0.1) is 13.8 Å². The van der Waals surface area contributed by atoms with E-state index in [1.807, 2.05) is 38.1 Å². The number of ether oxygens (including phenoxy) is 1. The van der Waals surface area contributed by atoms with Crippen molar-refractivity contribution in [3.8, 4) is 5.75 Å². The minimum Gasteiger partial charge on any atom is -0.486 e. The largest absolute Gasteiger partial charge is 0.486 e. The average molecular weight is 271 g/mol. The van der Waals surface area contributed by atoms with Gasteiger partial charge in [-0.25, -0.2) is 4.98 Å². The van der Waals surface area contributed by atoms with Gasteiger partial charge >= 0.3 is 0 Å². The molecule has 1 saturated heterocycles. The van der Waals surface area contributed by atoms with Crippen LogP contribution in [0.25, 0.3) is 0 Å². The molecular formula is C15H17N3O2. The van der Waals surface area contributed by atoms with E-state index in [9.17, 15) is 4.79 Å². The first-order valence-electron chi connectivity index (χ1n) is 6.66. The summed E-state index contributed by atoms with van der Waals surface area (Å²) in [7, 11) is 0. The number of aromatic nitrogens is 2. The van der Waals surface area contributed by atoms with Crippen LogP contribution in [-0.2, 0) is 0 Å². The summed E-state index contributed by atoms with van der Waals surface area (Å²) in [6.07, 6.45) is 1.65. The van der Waals surface area contributed by atoms with Crippen LogP contribution >= 0.6 is 0 Å². The van der Waals surface area contributed by atoms with Crippen LogP contribution in [-0.4, -0.2) is 40.0 Å². The van der Waals surface area contributed by atoms with Crippen molar-refractivity contribution in [1.82, 2.24) is 14.9 Å². The molecule has 5 heteroatoms. The molecule has 104 valence electrons. The Balaban J connectivity index is 1.57. The molecule has 1 fully saturated rings. The third kappa shape index (κ3) is 2.39. The lowest BCUT2D eigenvalue weighted by atomic mass is 10.1. The van der Waals surface area contributed by atoms with E-state index < -0.39 is 0 Å². The number of rotatable bonds is 3. The number of hydrogen-bond donors (Lipinski definition) is 1. The highest BCUT2D eigenvalue weighted by Crippen LogP contribution is 2.22. The molecule has 1 amide bonds. The quantitative estimate of drug-likeness (QED) is 0.928. The second kappa shape index (κ2) is 5.00. The minimum absolute atomic E-state index is 0.0183. The Labute approximate surface area is 117 Å². The van der Waals surface area contributed by atoms with Crippen LogP contribution < -0.4 is 4.74 Å². The molecule has 0 unspecified atom stereocenters. The van der Waals surface area contributed by atoms with Gasteiger partial charge in [-0.2, -0.15) is 0 Å². The molecule has 0 spiro atoms. The Morgan fingerprint density at radius 1 is 1.35 bits per heavy atom. The number of hydrogen-bond acceptors (Lipinski definition) is 3. The van der Waals surface area contributed by atoms with Crippen molar-refractivity contribution in [1.29, 1.82) is 0 Å². The van der Waals surface area contributed by atoms with Crippen molar-refractivity contribution in [2.24, 2.45) is 0 Å². The van der Waals surface area contributed by atoms with E-state index in [0.29, 0.717) is 18.8 Å². The average Bonchev–Trinajstić information content (AvgIpc) is 2.81. The van der Waals surface area contributed by atoms with Crippen molar-refractivity contribution in [3.63, 3.8) is 0 Å². The maximum absolute atomic E-state index is 12.1. The van der Waals surface area contributed by atoms with Crippen molar-refractivity contribution in [2.45, 2.75) is 20.0 Å². The zero-order valence-electron chi connectivity index (χ0n) is 11.6. The van der Waals surface area contributed by atoms with E-state index in [1.54, 1.807) is 11.1 Å². The molecule has 20 heavy (non-hydrogen) atoms. The normalized spacial score (nSPS) is 15.0. The van der Waals surface area contributed by atoms with Gasteiger partial charge in [-0.05, 0) is 25.5 Å². The summed E-state index contributed by atoms with van der Waals surface area (Å²) in [5.41, 5.74) is 1.65. The molecule has 1 aromatic heterocycles. The Morgan fingerprint density at radius 2 is 2.10 bits per heavy atom. The molecule has 0 bridgehead atoms. The number of carbonyl (C=O) groups is 1. The van der Waals surface area contributed by atoms with E-state index >= 15 is 0 Å². The van der Waals surface area contributed by atoms with E-state index in [0.717, 1.165) is 17.1 Å². The van der Waals surface area contributed by atoms with Crippen molar-refractivity contribution in [3.05, 3.63) is 47.5 Å². The predicted octanol–water partition coefficient (Wildman–Crippen LogP) is 1.93. The fourth-order valence-corrected chi connectivity index (χ4v) is 2.25. The lowest BCUT2D eigenvalue weighted by molar-refractivity contribution is 0.0171. The van der Waals surface area contributed by atoms with Crippen molar-refractivity contribution in [2.75, 3.05) is 13.1 Å². The number of carbonyl (C=O) groups excluding carboxylic acids is 1. The fraction of sp³-hybridized carbons (Fsp3) is 0.333. The van der Waals surface area contributed by atoms with Crippen LogP contribution in [0.3, 0.4) is 0 Å². The van der Waals surface area contributed by atoms with Crippen LogP contribution in [0.1, 0.15) is 21.9 Å². The third-order valence-corrected chi connectivity index (χ3v) is 3.46. The van der Waals surface area contributed by atoms with E-state index in [1.165, 1.54) is 0 Å². The topological polar surface area (TPSA) is 58.2 Å². The molecule has 0 aliphatic carbocycles. The molecule has 1 aliphatic heterocycles. The van der Waals surface area contributed by atoms with E-state index in [-0.39, 0.29) is 12.0 Å². The van der Waals surface area contributed by atoms with E-state index in [2.05, 4.69) is 9.97 Å². The highest BCUT2D eigenvalue weighted by atomic mass is 16.5. The summed E-state index contributed by atoms with van der Waals surface area (Å²) in [4.78, 5) is 20.9. The van der Waals surface area contributed by atoms with Gasteiger partial charge in [0.05, 0.1) is 19.3 Å². The SMILES string of the molecule is Cc1ncc(C(=O)N2CC(Oc3ccccc3C)C2)[nH]1. The van der Waals surface area contributed by atoms with Crippen LogP contribution in [0.15, 0.2) is 30.5 Å². The lowest BCUT2D eigenvalue weighted by Gasteiger charge is -2.38. The number of aromatic amines is 1. The highest BCUT2D eigenvalue weighted by Gasteiger charge is 2.33. The van der Waals surface area contributed by atoms with Crippen molar-refractivity contribution < 1.29 is 9.53 Å². The molecule has 1 N–H and O–H groups in total. The van der Waals surface area contributed by atoms with Gasteiger partial charge in [-0.3, -0.25) is 4.79 Å². The van der Waals surface area contributed by atoms with Gasteiger partial charge in [0.15, 0.2) is 0 Å². The van der Waals surface area contributed by atoms with Gasteiger partial charge in [-0.1, -0.05) is 18.2 Å². The second-order valence-electron chi connectivity index (χ2n) is 5.10. The number of likely N-dealkylation sites (tertiary alicyclic amines) is 1. The second-order valence-corrected chi connectivity index (χ2v) is 5.10. The Kier molecular flexibility index (Phi) is 3.18. The molecule has 5 nitrogen and oxygen atoms in total. The predicted molar refractivity (Wildman–Crippen MR) is 74.8 cm³/mol. The van der Waals surface area contributed by atoms with Crippen LogP contribution in [0.4, 0.5) is 0 Å². The molecule has 1 aromatic carbocycles. The number of nitrogens with one attached hydrogen (secondary N) is 1. The van der Waals surface area contributed by atoms with Gasteiger partial charge in [-0.15, -0.1) is 0 Å². The maximum atomic E-state index is 12.1. The number of H-pyrrole nitrogens is 1. The molecule has 3 rings (SSSR count). The van der Waals surface area contributed by atoms with Gasteiger partial charge < -0.3 is 14.6 Å². The monoisotopic (exact) mass is 271 g/mol. The first-order chi connectivity index (χ1) is 9.63. The summed E-state index contributed by atoms with van der Waals surface area (Å²) in [5.74, 6) is 1.62. The number of amides is 1. The van der Waals surface area contributed by atoms with E-state index in [4.69, 9.17) is 4.74 Å². The zero-order valence-corrected chi connectivity index (χ0v) is 11.6. The number of para-hydroxylation sites is 1. The third-order valence-electron chi connectivity index (χ3n) is 3.46. The highest BCUT2D eigenvalue weighted by molar-refractivity contribution is 5.92. The van der Waals surface area contributed by atoms with Gasteiger partial charge in [0.1, 0.15) is 23.4 Å². The summed E-state index contributed by atoms with van der Waals surface area (Å²) in [6.45, 7) is 5.08. The molecule has 2 aromatic rings. The summed E-state index contributed by atoms with van der Waals surface area (Å²) >= 11 is 0. The molecule has 1 aliphatic rings. The van der Waals surface area contributed by atoms with Crippen LogP contribution in [0.2, 0.25) is 0 Å². The Hall–Kier alpha value is -2.30. The zero-order chi connectivity index (χ0) is 14.1. The fourth-order valence-electron chi connectivity index (χ4n) is 2.25.